The van der Waals surface area contributed by atoms with E-state index >= 15 is 0 Å². The molecule has 0 radical (unpaired) electrons. The Labute approximate surface area is 132 Å². The summed E-state index contributed by atoms with van der Waals surface area (Å²) in [5, 5.41) is 11.8. The molecule has 3 rings (SSSR count). The molecule has 6 nitrogen and oxygen atoms in total. The number of carboxylic acid groups (broad SMARTS) is 1. The smallest absolute Gasteiger partial charge is 0.353 e. The van der Waals surface area contributed by atoms with Crippen LogP contribution >= 0.6 is 12.6 Å². The van der Waals surface area contributed by atoms with E-state index in [1.54, 1.807) is 0 Å². The third kappa shape index (κ3) is 2.37. The summed E-state index contributed by atoms with van der Waals surface area (Å²) in [6, 6.07) is 8.19. The molecular formula is C15H14N2O4S. The van der Waals surface area contributed by atoms with Crippen molar-refractivity contribution in [3.8, 4) is 0 Å². The number of β-lactam (4-membered cyclic amide) rings is 1. The van der Waals surface area contributed by atoms with Crippen LogP contribution in [0.1, 0.15) is 12.0 Å². The number of carboxylic acids is 1. The summed E-state index contributed by atoms with van der Waals surface area (Å²) < 4.78 is 0. The number of thiol groups is 1. The van der Waals surface area contributed by atoms with Gasteiger partial charge in [0, 0.05) is 11.3 Å². The molecule has 1 fully saturated rings. The van der Waals surface area contributed by atoms with Crippen LogP contribution in [0, 0.1) is 0 Å². The van der Waals surface area contributed by atoms with E-state index in [4.69, 9.17) is 5.11 Å². The second kappa shape index (κ2) is 5.49. The van der Waals surface area contributed by atoms with Crippen molar-refractivity contribution in [1.29, 1.82) is 0 Å². The van der Waals surface area contributed by atoms with Gasteiger partial charge in [-0.3, -0.25) is 14.5 Å². The molecule has 2 heterocycles. The Morgan fingerprint density at radius 3 is 2.64 bits per heavy atom. The molecule has 0 spiro atoms. The molecule has 0 aromatic heterocycles. The van der Waals surface area contributed by atoms with Gasteiger partial charge in [0.25, 0.3) is 5.91 Å². The molecule has 0 bridgehead atoms. The highest BCUT2D eigenvalue weighted by molar-refractivity contribution is 7.84. The Bertz CT molecular complexity index is 686. The molecule has 2 amide bonds. The molecule has 0 saturated carbocycles. The third-order valence-corrected chi connectivity index (χ3v) is 4.26. The summed E-state index contributed by atoms with van der Waals surface area (Å²) in [5.41, 5.74) is 0.779. The number of hydrogen-bond acceptors (Lipinski definition) is 4. The molecule has 7 heteroatoms. The van der Waals surface area contributed by atoms with Gasteiger partial charge in [-0.2, -0.15) is 0 Å². The van der Waals surface area contributed by atoms with Crippen molar-refractivity contribution in [1.82, 2.24) is 10.2 Å². The molecule has 2 aliphatic heterocycles. The second-order valence-corrected chi connectivity index (χ2v) is 5.83. The highest BCUT2D eigenvalue weighted by Gasteiger charge is 2.55. The van der Waals surface area contributed by atoms with Gasteiger partial charge in [-0.15, -0.1) is 12.6 Å². The molecule has 1 aromatic carbocycles. The number of benzene rings is 1. The van der Waals surface area contributed by atoms with Gasteiger partial charge in [-0.1, -0.05) is 30.3 Å². The van der Waals surface area contributed by atoms with Gasteiger partial charge in [-0.25, -0.2) is 4.79 Å². The first-order chi connectivity index (χ1) is 10.5. The maximum absolute atomic E-state index is 12.1. The zero-order valence-electron chi connectivity index (χ0n) is 11.5. The van der Waals surface area contributed by atoms with Crippen molar-refractivity contribution < 1.29 is 19.5 Å². The van der Waals surface area contributed by atoms with Crippen LogP contribution in [0.4, 0.5) is 0 Å². The lowest BCUT2D eigenvalue weighted by atomic mass is 9.95. The van der Waals surface area contributed by atoms with E-state index in [0.717, 1.165) is 5.56 Å². The summed E-state index contributed by atoms with van der Waals surface area (Å²) >= 11 is 4.13. The minimum atomic E-state index is -1.17. The van der Waals surface area contributed by atoms with Crippen LogP contribution in [-0.2, 0) is 20.8 Å². The predicted molar refractivity (Wildman–Crippen MR) is 81.0 cm³/mol. The maximum atomic E-state index is 12.1. The van der Waals surface area contributed by atoms with Gasteiger partial charge >= 0.3 is 5.97 Å². The number of fused-ring (bicyclic) bond motifs is 1. The number of carbonyl (C=O) groups excluding carboxylic acids is 2. The van der Waals surface area contributed by atoms with Crippen LogP contribution in [0.25, 0.3) is 0 Å². The molecule has 2 unspecified atom stereocenters. The van der Waals surface area contributed by atoms with Crippen LogP contribution < -0.4 is 5.32 Å². The van der Waals surface area contributed by atoms with E-state index in [2.05, 4.69) is 17.9 Å². The van der Waals surface area contributed by atoms with Crippen LogP contribution in [0.3, 0.4) is 0 Å². The molecule has 22 heavy (non-hydrogen) atoms. The fraction of sp³-hybridized carbons (Fsp3) is 0.267. The summed E-state index contributed by atoms with van der Waals surface area (Å²) in [6.45, 7) is 0. The van der Waals surface area contributed by atoms with Crippen LogP contribution in [0.15, 0.2) is 40.9 Å². The van der Waals surface area contributed by atoms with Crippen molar-refractivity contribution in [3.63, 3.8) is 0 Å². The quantitative estimate of drug-likeness (QED) is 0.559. The average molecular weight is 318 g/mol. The third-order valence-electron chi connectivity index (χ3n) is 3.86. The molecule has 2 atom stereocenters. The van der Waals surface area contributed by atoms with E-state index in [1.165, 1.54) is 4.90 Å². The lowest BCUT2D eigenvalue weighted by molar-refractivity contribution is -0.152. The first kappa shape index (κ1) is 14.6. The van der Waals surface area contributed by atoms with E-state index in [1.807, 2.05) is 30.3 Å². The summed E-state index contributed by atoms with van der Waals surface area (Å²) in [7, 11) is 0. The minimum absolute atomic E-state index is 0.0770. The molecule has 114 valence electrons. The minimum Gasteiger partial charge on any atom is -0.477 e. The Morgan fingerprint density at radius 2 is 2.00 bits per heavy atom. The van der Waals surface area contributed by atoms with Crippen molar-refractivity contribution in [3.05, 3.63) is 46.5 Å². The summed E-state index contributed by atoms with van der Waals surface area (Å²) in [6.07, 6.45) is 0.539. The van der Waals surface area contributed by atoms with Crippen molar-refractivity contribution in [2.24, 2.45) is 0 Å². The van der Waals surface area contributed by atoms with Gasteiger partial charge in [-0.05, 0) is 5.56 Å². The zero-order valence-corrected chi connectivity index (χ0v) is 12.4. The highest BCUT2D eigenvalue weighted by Crippen LogP contribution is 2.40. The number of nitrogens with zero attached hydrogens (tertiary/aromatic N) is 1. The number of nitrogens with one attached hydrogen (secondary N) is 1. The largest absolute Gasteiger partial charge is 0.477 e. The number of amides is 2. The van der Waals surface area contributed by atoms with E-state index < -0.39 is 17.9 Å². The van der Waals surface area contributed by atoms with E-state index in [0.29, 0.717) is 11.3 Å². The zero-order chi connectivity index (χ0) is 15.9. The summed E-state index contributed by atoms with van der Waals surface area (Å²) in [5.74, 6) is -1.82. The molecule has 0 aliphatic carbocycles. The average Bonchev–Trinajstić information content (AvgIpc) is 2.80. The Hall–Kier alpha value is -2.28. The van der Waals surface area contributed by atoms with Gasteiger partial charge < -0.3 is 10.4 Å². The summed E-state index contributed by atoms with van der Waals surface area (Å²) in [4.78, 5) is 36.8. The van der Waals surface area contributed by atoms with Gasteiger partial charge in [0.1, 0.15) is 11.7 Å². The number of aliphatic carboxylic acids is 1. The van der Waals surface area contributed by atoms with Crippen LogP contribution in [0.2, 0.25) is 0 Å². The predicted octanol–water partition coefficient (Wildman–Crippen LogP) is 0.554. The van der Waals surface area contributed by atoms with Crippen molar-refractivity contribution >= 4 is 30.4 Å². The standard InChI is InChI=1S/C15H14N2O4S/c18-11(6-8-4-2-1-3-5-8)16-12-9-7-10(22)13(15(20)21)17(9)14(12)19/h1-5,9,12,22H,6-7H2,(H,16,18)(H,20,21). The van der Waals surface area contributed by atoms with Crippen LogP contribution in [-0.4, -0.2) is 39.9 Å². The Balaban J connectivity index is 1.64. The fourth-order valence-electron chi connectivity index (χ4n) is 2.85. The number of hydrogen-bond donors (Lipinski definition) is 3. The first-order valence-electron chi connectivity index (χ1n) is 6.81. The van der Waals surface area contributed by atoms with Crippen LogP contribution in [0.5, 0.6) is 0 Å². The maximum Gasteiger partial charge on any atom is 0.353 e. The van der Waals surface area contributed by atoms with Crippen molar-refractivity contribution in [2.45, 2.75) is 24.9 Å². The van der Waals surface area contributed by atoms with Crippen molar-refractivity contribution in [2.75, 3.05) is 0 Å². The lowest BCUT2D eigenvalue weighted by Crippen LogP contribution is -2.68. The molecule has 2 aliphatic rings. The Morgan fingerprint density at radius 1 is 1.32 bits per heavy atom. The Kier molecular flexibility index (Phi) is 3.66. The first-order valence-corrected chi connectivity index (χ1v) is 7.25. The number of rotatable bonds is 4. The number of carbonyl (C=O) groups is 3. The van der Waals surface area contributed by atoms with Gasteiger partial charge in [0.05, 0.1) is 12.5 Å². The molecule has 1 aromatic rings. The topological polar surface area (TPSA) is 86.7 Å². The molecule has 1 saturated heterocycles. The lowest BCUT2D eigenvalue weighted by Gasteiger charge is -2.43. The van der Waals surface area contributed by atoms with Gasteiger partial charge in [0.2, 0.25) is 5.91 Å². The SMILES string of the molecule is O=C(Cc1ccccc1)NC1C(=O)N2C(C(=O)O)=C(S)CC12. The monoisotopic (exact) mass is 318 g/mol. The fourth-order valence-corrected chi connectivity index (χ4v) is 3.24. The second-order valence-electron chi connectivity index (χ2n) is 5.29. The highest BCUT2D eigenvalue weighted by atomic mass is 32.1. The van der Waals surface area contributed by atoms with Gasteiger partial charge in [0.15, 0.2) is 0 Å². The molecular weight excluding hydrogens is 304 g/mol. The van der Waals surface area contributed by atoms with E-state index in [9.17, 15) is 14.4 Å². The molecule has 2 N–H and O–H groups in total. The van der Waals surface area contributed by atoms with E-state index in [-0.39, 0.29) is 24.1 Å². The normalized spacial score (nSPS) is 23.1.